The molecule has 1 unspecified atom stereocenters. The molecule has 7 atom stereocenters. The molecule has 0 radical (unpaired) electrons. The first-order valence-corrected chi connectivity index (χ1v) is 17.2. The Balaban J connectivity index is 1.04. The molecule has 46 heavy (non-hydrogen) atoms. The van der Waals surface area contributed by atoms with Crippen LogP contribution < -0.4 is 5.32 Å². The molecular formula is C26H31N8O10PS. The van der Waals surface area contributed by atoms with E-state index in [4.69, 9.17) is 40.2 Å². The molecule has 5 N–H and O–H groups in total. The first-order chi connectivity index (χ1) is 22.2. The van der Waals surface area contributed by atoms with Gasteiger partial charge in [0, 0.05) is 25.6 Å². The zero-order valence-electron chi connectivity index (χ0n) is 24.2. The van der Waals surface area contributed by atoms with Crippen molar-refractivity contribution >= 4 is 52.7 Å². The number of ether oxygens (including phenoxy) is 3. The minimum atomic E-state index is -3.96. The summed E-state index contributed by atoms with van der Waals surface area (Å²) in [5.41, 5.74) is 2.90. The molecule has 0 saturated carbocycles. The van der Waals surface area contributed by atoms with Crippen LogP contribution in [0.3, 0.4) is 0 Å². The van der Waals surface area contributed by atoms with Crippen molar-refractivity contribution in [2.24, 2.45) is 0 Å². The Labute approximate surface area is 265 Å². The Kier molecular flexibility index (Phi) is 8.60. The SMILES string of the molecule is O=C(O)OC[C@H]1O[C@@H](n2cc3c4c(ncnc42)NCCC3)C[C@@H]1OP(O)(=S)OC[C@H]1O[C@@H](n2cnc3c(CO)ncnc32)C[C@@H]1O. The van der Waals surface area contributed by atoms with Gasteiger partial charge in [0.15, 0.2) is 5.65 Å². The summed E-state index contributed by atoms with van der Waals surface area (Å²) in [5, 5.41) is 33.6. The quantitative estimate of drug-likeness (QED) is 0.118. The number of aliphatic hydroxyl groups excluding tert-OH is 2. The summed E-state index contributed by atoms with van der Waals surface area (Å²) in [6.07, 6.45) is 1.84. The van der Waals surface area contributed by atoms with Gasteiger partial charge in [0.1, 0.15) is 67.0 Å². The minimum absolute atomic E-state index is 0.174. The molecule has 4 aromatic heterocycles. The van der Waals surface area contributed by atoms with Gasteiger partial charge in [-0.2, -0.15) is 0 Å². The summed E-state index contributed by atoms with van der Waals surface area (Å²) in [5.74, 6) is 0.732. The molecule has 246 valence electrons. The number of aryl methyl sites for hydroxylation is 1. The number of aromatic nitrogens is 7. The van der Waals surface area contributed by atoms with Crippen LogP contribution in [0.15, 0.2) is 25.2 Å². The number of hydrogen-bond donors (Lipinski definition) is 5. The fourth-order valence-electron chi connectivity index (χ4n) is 6.11. The summed E-state index contributed by atoms with van der Waals surface area (Å²) in [6, 6.07) is 0. The third-order valence-corrected chi connectivity index (χ3v) is 9.82. The van der Waals surface area contributed by atoms with Crippen LogP contribution >= 0.6 is 6.72 Å². The van der Waals surface area contributed by atoms with Gasteiger partial charge in [-0.1, -0.05) is 0 Å². The van der Waals surface area contributed by atoms with Crippen LogP contribution in [0, 0.1) is 0 Å². The Morgan fingerprint density at radius 1 is 1.07 bits per heavy atom. The predicted molar refractivity (Wildman–Crippen MR) is 160 cm³/mol. The van der Waals surface area contributed by atoms with E-state index in [0.29, 0.717) is 22.5 Å². The molecule has 7 rings (SSSR count). The molecule has 7 heterocycles. The van der Waals surface area contributed by atoms with E-state index >= 15 is 0 Å². The van der Waals surface area contributed by atoms with Crippen molar-refractivity contribution in [3.8, 4) is 0 Å². The zero-order chi connectivity index (χ0) is 32.0. The van der Waals surface area contributed by atoms with Gasteiger partial charge >= 0.3 is 12.9 Å². The molecule has 0 aromatic carbocycles. The van der Waals surface area contributed by atoms with Crippen molar-refractivity contribution in [3.05, 3.63) is 36.4 Å². The number of aliphatic hydroxyl groups is 2. The summed E-state index contributed by atoms with van der Waals surface area (Å²) >= 11 is 5.32. The highest BCUT2D eigenvalue weighted by Crippen LogP contribution is 2.50. The van der Waals surface area contributed by atoms with Crippen LogP contribution in [0.5, 0.6) is 0 Å². The Hall–Kier alpha value is -3.39. The molecule has 2 saturated heterocycles. The molecular weight excluding hydrogens is 647 g/mol. The number of imidazole rings is 1. The monoisotopic (exact) mass is 678 g/mol. The third kappa shape index (κ3) is 6.05. The van der Waals surface area contributed by atoms with Crippen LogP contribution in [0.1, 0.15) is 43.0 Å². The molecule has 3 aliphatic heterocycles. The van der Waals surface area contributed by atoms with Gasteiger partial charge < -0.3 is 53.4 Å². The van der Waals surface area contributed by atoms with Crippen LogP contribution in [-0.4, -0.2) is 105 Å². The highest BCUT2D eigenvalue weighted by Gasteiger charge is 2.43. The van der Waals surface area contributed by atoms with Crippen LogP contribution in [-0.2, 0) is 48.1 Å². The number of anilines is 1. The van der Waals surface area contributed by atoms with Crippen molar-refractivity contribution in [1.82, 2.24) is 34.1 Å². The maximum atomic E-state index is 11.2. The second kappa shape index (κ2) is 12.7. The van der Waals surface area contributed by atoms with Crippen LogP contribution in [0.25, 0.3) is 22.2 Å². The second-order valence-corrected chi connectivity index (χ2v) is 13.9. The van der Waals surface area contributed by atoms with Crippen molar-refractivity contribution in [1.29, 1.82) is 0 Å². The smallest absolute Gasteiger partial charge is 0.450 e. The number of carboxylic acid groups (broad SMARTS) is 1. The number of carbonyl (C=O) groups is 1. The van der Waals surface area contributed by atoms with E-state index in [1.165, 1.54) is 19.0 Å². The normalized spacial score (nSPS) is 27.5. The molecule has 3 aliphatic rings. The average Bonchev–Trinajstić information content (AvgIpc) is 3.78. The standard InChI is InChI=1S/C26H31N8O10PS/c35-7-14-22-25(31-10-28-14)34(12-32-22)19-4-15(36)17(42-19)9-41-45(39,46)44-16-5-20(43-18(16)8-40-26(37)38)33-6-13-2-1-3-27-23-21(13)24(33)30-11-29-23/h6,10-12,15-20,35-36H,1-5,7-9H2,(H,37,38)(H,39,46)(H,27,29,30)/t15-,16-,17+,18+,19+,20+,45?/m0/s1. The summed E-state index contributed by atoms with van der Waals surface area (Å²) in [7, 11) is 0. The van der Waals surface area contributed by atoms with E-state index in [1.807, 2.05) is 10.8 Å². The number of nitrogens with one attached hydrogen (secondary N) is 1. The Morgan fingerprint density at radius 3 is 2.67 bits per heavy atom. The van der Waals surface area contributed by atoms with Crippen LogP contribution in [0.2, 0.25) is 0 Å². The molecule has 2 fully saturated rings. The number of rotatable bonds is 10. The maximum absolute atomic E-state index is 11.2. The lowest BCUT2D eigenvalue weighted by molar-refractivity contribution is -0.0559. The summed E-state index contributed by atoms with van der Waals surface area (Å²) in [6.45, 7) is -4.14. The van der Waals surface area contributed by atoms with Crippen LogP contribution in [0.4, 0.5) is 10.6 Å². The van der Waals surface area contributed by atoms with Crippen molar-refractivity contribution in [2.45, 2.75) is 69.2 Å². The van der Waals surface area contributed by atoms with Gasteiger partial charge in [-0.3, -0.25) is 4.57 Å². The lowest BCUT2D eigenvalue weighted by Crippen LogP contribution is -2.30. The molecule has 4 aromatic rings. The average molecular weight is 679 g/mol. The van der Waals surface area contributed by atoms with E-state index in [0.717, 1.165) is 36.2 Å². The summed E-state index contributed by atoms with van der Waals surface area (Å²) < 4.78 is 32.0. The highest BCUT2D eigenvalue weighted by molar-refractivity contribution is 8.07. The minimum Gasteiger partial charge on any atom is -0.450 e. The second-order valence-electron chi connectivity index (χ2n) is 11.1. The van der Waals surface area contributed by atoms with Gasteiger partial charge in [0.2, 0.25) is 0 Å². The Bertz CT molecular complexity index is 1810. The van der Waals surface area contributed by atoms with E-state index in [-0.39, 0.29) is 32.7 Å². The van der Waals surface area contributed by atoms with E-state index in [9.17, 15) is 19.9 Å². The fourth-order valence-corrected chi connectivity index (χ4v) is 7.58. The molecule has 0 spiro atoms. The lowest BCUT2D eigenvalue weighted by Gasteiger charge is -2.24. The fraction of sp³-hybridized carbons (Fsp3) is 0.538. The third-order valence-electron chi connectivity index (χ3n) is 8.23. The van der Waals surface area contributed by atoms with Gasteiger partial charge in [-0.25, -0.2) is 29.7 Å². The first kappa shape index (κ1) is 31.2. The maximum Gasteiger partial charge on any atom is 0.505 e. The first-order valence-electron chi connectivity index (χ1n) is 14.6. The zero-order valence-corrected chi connectivity index (χ0v) is 25.9. The van der Waals surface area contributed by atoms with Gasteiger partial charge in [-0.15, -0.1) is 0 Å². The molecule has 20 heteroatoms. The molecule has 0 aliphatic carbocycles. The Morgan fingerprint density at radius 2 is 1.85 bits per heavy atom. The lowest BCUT2D eigenvalue weighted by atomic mass is 10.1. The van der Waals surface area contributed by atoms with Crippen molar-refractivity contribution < 1.29 is 48.3 Å². The summed E-state index contributed by atoms with van der Waals surface area (Å²) in [4.78, 5) is 43.6. The predicted octanol–water partition coefficient (Wildman–Crippen LogP) is 1.37. The van der Waals surface area contributed by atoms with E-state index in [1.54, 1.807) is 4.57 Å². The van der Waals surface area contributed by atoms with Gasteiger partial charge in [-0.05, 0) is 30.2 Å². The van der Waals surface area contributed by atoms with E-state index < -0.39 is 49.7 Å². The van der Waals surface area contributed by atoms with Gasteiger partial charge in [0.25, 0.3) is 0 Å². The van der Waals surface area contributed by atoms with Crippen molar-refractivity contribution in [3.63, 3.8) is 0 Å². The van der Waals surface area contributed by atoms with Crippen molar-refractivity contribution in [2.75, 3.05) is 25.1 Å². The van der Waals surface area contributed by atoms with E-state index in [2.05, 4.69) is 30.2 Å². The number of fused-ring (bicyclic) bond motifs is 1. The largest absolute Gasteiger partial charge is 0.505 e. The molecule has 0 amide bonds. The topological polar surface area (TPSA) is 230 Å². The molecule has 0 bridgehead atoms. The number of hydrogen-bond acceptors (Lipinski definition) is 15. The molecule has 18 nitrogen and oxygen atoms in total. The highest BCUT2D eigenvalue weighted by atomic mass is 32.5. The van der Waals surface area contributed by atoms with Gasteiger partial charge in [0.05, 0.1) is 36.7 Å². The number of nitrogens with zero attached hydrogens (tertiary/aromatic N) is 7.